The molecule has 13 heteroatoms. The Balaban J connectivity index is 1.12. The summed E-state index contributed by atoms with van der Waals surface area (Å²) in [5.41, 5.74) is 4.65. The number of nitrogens with one attached hydrogen (secondary N) is 1. The van der Waals surface area contributed by atoms with Crippen LogP contribution in [-0.4, -0.2) is 57.8 Å². The number of urea groups is 1. The van der Waals surface area contributed by atoms with E-state index in [0.717, 1.165) is 54.1 Å². The molecule has 2 fully saturated rings. The van der Waals surface area contributed by atoms with Crippen LogP contribution in [-0.2, 0) is 0 Å². The van der Waals surface area contributed by atoms with E-state index >= 15 is 0 Å². The molecule has 2 heterocycles. The number of thioether (sulfide) groups is 1. The van der Waals surface area contributed by atoms with Gasteiger partial charge in [0.25, 0.3) is 0 Å². The highest BCUT2D eigenvalue weighted by Crippen LogP contribution is 2.37. The Morgan fingerprint density at radius 3 is 2.49 bits per heavy atom. The van der Waals surface area contributed by atoms with E-state index in [0.29, 0.717) is 22.6 Å². The second-order valence-corrected chi connectivity index (χ2v) is 12.8. The van der Waals surface area contributed by atoms with E-state index in [1.165, 1.54) is 40.8 Å². The first-order chi connectivity index (χ1) is 22.6. The minimum atomic E-state index is -4.75. The van der Waals surface area contributed by atoms with Crippen molar-refractivity contribution in [1.82, 2.24) is 20.1 Å². The fourth-order valence-corrected chi connectivity index (χ4v) is 7.05. The Bertz CT molecular complexity index is 1740. The number of nitrogens with zero attached hydrogens (tertiary/aromatic N) is 5. The number of aromatic nitrogens is 3. The number of amides is 2. The molecule has 2 atom stereocenters. The largest absolute Gasteiger partial charge is 0.573 e. The Morgan fingerprint density at radius 1 is 1.04 bits per heavy atom. The Kier molecular flexibility index (Phi) is 9.44. The number of benzene rings is 3. The topological polar surface area (TPSA) is 93.9 Å². The van der Waals surface area contributed by atoms with Crippen LogP contribution in [0.1, 0.15) is 56.1 Å². The lowest BCUT2D eigenvalue weighted by atomic mass is 9.93. The van der Waals surface area contributed by atoms with Crippen LogP contribution in [0.15, 0.2) is 78.0 Å². The van der Waals surface area contributed by atoms with Crippen molar-refractivity contribution in [2.24, 2.45) is 4.99 Å². The highest BCUT2D eigenvalue weighted by Gasteiger charge is 2.32. The molecule has 2 aliphatic rings. The molecule has 47 heavy (non-hydrogen) atoms. The standard InChI is InChI=1S/C34H35F3N6O3S/c1-21(2)27-16-15-26(45-3)19-30(27)42-17-18-47-33(42)40-32(44)39-29-6-4-5-28(29)22-7-9-23(10-8-22)31-38-20-43(41-31)24-11-13-25(14-12-24)46-34(35,36)37/h7-16,19-21,28-29H,4-6,17-18H2,1-3H3,(H,39,44). The van der Waals surface area contributed by atoms with E-state index < -0.39 is 6.36 Å². The van der Waals surface area contributed by atoms with Gasteiger partial charge in [0.1, 0.15) is 17.8 Å². The van der Waals surface area contributed by atoms with Crippen molar-refractivity contribution in [2.45, 2.75) is 57.3 Å². The minimum absolute atomic E-state index is 0.0396. The summed E-state index contributed by atoms with van der Waals surface area (Å²) in [5, 5.41) is 8.36. The molecule has 0 spiro atoms. The molecule has 3 aromatic carbocycles. The van der Waals surface area contributed by atoms with Gasteiger partial charge in [0.2, 0.25) is 0 Å². The molecule has 1 saturated heterocycles. The van der Waals surface area contributed by atoms with Crippen LogP contribution in [0.4, 0.5) is 23.7 Å². The third kappa shape index (κ3) is 7.56. The van der Waals surface area contributed by atoms with Gasteiger partial charge in [-0.1, -0.05) is 62.4 Å². The van der Waals surface area contributed by atoms with Gasteiger partial charge < -0.3 is 19.7 Å². The second-order valence-electron chi connectivity index (χ2n) is 11.7. The average Bonchev–Trinajstić information content (AvgIpc) is 3.82. The van der Waals surface area contributed by atoms with Crippen molar-refractivity contribution >= 4 is 28.6 Å². The summed E-state index contributed by atoms with van der Waals surface area (Å²) in [4.78, 5) is 24.3. The van der Waals surface area contributed by atoms with Crippen molar-refractivity contribution < 1.29 is 27.4 Å². The number of rotatable bonds is 8. The molecule has 4 aromatic rings. The maximum atomic E-state index is 13.2. The molecule has 1 N–H and O–H groups in total. The molecule has 0 radical (unpaired) electrons. The summed E-state index contributed by atoms with van der Waals surface area (Å²) < 4.78 is 48.3. The number of anilines is 1. The summed E-state index contributed by atoms with van der Waals surface area (Å²) in [5.74, 6) is 2.23. The number of alkyl halides is 3. The molecule has 0 bridgehead atoms. The maximum Gasteiger partial charge on any atom is 0.573 e. The Hall–Kier alpha value is -4.52. The number of aliphatic imine (C=N–C) groups is 1. The first-order valence-electron chi connectivity index (χ1n) is 15.4. The summed E-state index contributed by atoms with van der Waals surface area (Å²) in [7, 11) is 1.65. The van der Waals surface area contributed by atoms with Gasteiger partial charge in [-0.15, -0.1) is 18.3 Å². The predicted molar refractivity (Wildman–Crippen MR) is 177 cm³/mol. The average molecular weight is 665 g/mol. The second kappa shape index (κ2) is 13.7. The smallest absolute Gasteiger partial charge is 0.497 e. The number of hydrogen-bond acceptors (Lipinski definition) is 6. The highest BCUT2D eigenvalue weighted by molar-refractivity contribution is 8.14. The Labute approximate surface area is 275 Å². The summed E-state index contributed by atoms with van der Waals surface area (Å²) in [6, 6.07) is 19.0. The fourth-order valence-electron chi connectivity index (χ4n) is 6.10. The molecule has 2 unspecified atom stereocenters. The van der Waals surface area contributed by atoms with Gasteiger partial charge in [0, 0.05) is 41.6 Å². The van der Waals surface area contributed by atoms with Crippen molar-refractivity contribution in [3.05, 3.63) is 84.2 Å². The molecular formula is C34H35F3N6O3S. The van der Waals surface area contributed by atoms with Gasteiger partial charge in [-0.3, -0.25) is 0 Å². The van der Waals surface area contributed by atoms with Crippen LogP contribution in [0.2, 0.25) is 0 Å². The normalized spacial score (nSPS) is 19.0. The summed E-state index contributed by atoms with van der Waals surface area (Å²) in [6.07, 6.45) is -0.431. The summed E-state index contributed by atoms with van der Waals surface area (Å²) in [6.45, 7) is 5.06. The fraction of sp³-hybridized carbons (Fsp3) is 0.353. The van der Waals surface area contributed by atoms with Crippen molar-refractivity contribution in [2.75, 3.05) is 24.3 Å². The van der Waals surface area contributed by atoms with E-state index in [1.54, 1.807) is 18.9 Å². The molecule has 1 aliphatic carbocycles. The molecule has 1 aliphatic heterocycles. The minimum Gasteiger partial charge on any atom is -0.497 e. The molecule has 246 valence electrons. The maximum absolute atomic E-state index is 13.2. The molecule has 1 saturated carbocycles. The molecule has 9 nitrogen and oxygen atoms in total. The number of carbonyl (C=O) groups excluding carboxylic acids is 1. The molecule has 6 rings (SSSR count). The first-order valence-corrected chi connectivity index (χ1v) is 16.4. The van der Waals surface area contributed by atoms with E-state index in [2.05, 4.69) is 49.9 Å². The molecular weight excluding hydrogens is 629 g/mol. The monoisotopic (exact) mass is 664 g/mol. The number of carbonyl (C=O) groups is 1. The van der Waals surface area contributed by atoms with Gasteiger partial charge in [0.15, 0.2) is 11.0 Å². The quantitative estimate of drug-likeness (QED) is 0.205. The van der Waals surface area contributed by atoms with Crippen molar-refractivity contribution in [3.8, 4) is 28.6 Å². The van der Waals surface area contributed by atoms with Crippen LogP contribution in [0, 0.1) is 0 Å². The van der Waals surface area contributed by atoms with E-state index in [4.69, 9.17) is 4.74 Å². The van der Waals surface area contributed by atoms with Crippen molar-refractivity contribution in [3.63, 3.8) is 0 Å². The SMILES string of the molecule is COc1ccc(C(C)C)c(N2CCSC2=NC(=O)NC2CCCC2c2ccc(-c3ncn(-c4ccc(OC(F)(F)F)cc4)n3)cc2)c1. The number of methoxy groups -OCH3 is 1. The third-order valence-corrected chi connectivity index (χ3v) is 9.33. The molecule has 1 aromatic heterocycles. The van der Waals surface area contributed by atoms with Gasteiger partial charge in [-0.25, -0.2) is 14.5 Å². The number of hydrogen-bond donors (Lipinski definition) is 1. The van der Waals surface area contributed by atoms with E-state index in [-0.39, 0.29) is 23.7 Å². The van der Waals surface area contributed by atoms with Crippen LogP contribution >= 0.6 is 11.8 Å². The van der Waals surface area contributed by atoms with Gasteiger partial charge in [-0.05, 0) is 60.2 Å². The lowest BCUT2D eigenvalue weighted by molar-refractivity contribution is -0.274. The van der Waals surface area contributed by atoms with Gasteiger partial charge in [0.05, 0.1) is 12.8 Å². The highest BCUT2D eigenvalue weighted by atomic mass is 32.2. The van der Waals surface area contributed by atoms with E-state index in [1.807, 2.05) is 36.4 Å². The number of ether oxygens (including phenoxy) is 2. The zero-order chi connectivity index (χ0) is 33.1. The van der Waals surface area contributed by atoms with Gasteiger partial charge >= 0.3 is 12.4 Å². The summed E-state index contributed by atoms with van der Waals surface area (Å²) >= 11 is 1.58. The predicted octanol–water partition coefficient (Wildman–Crippen LogP) is 7.92. The van der Waals surface area contributed by atoms with Crippen LogP contribution < -0.4 is 19.7 Å². The Morgan fingerprint density at radius 2 is 1.79 bits per heavy atom. The zero-order valence-electron chi connectivity index (χ0n) is 26.2. The first kappa shape index (κ1) is 32.4. The zero-order valence-corrected chi connectivity index (χ0v) is 27.0. The van der Waals surface area contributed by atoms with Gasteiger partial charge in [-0.2, -0.15) is 4.99 Å². The lowest BCUT2D eigenvalue weighted by Crippen LogP contribution is -2.36. The third-order valence-electron chi connectivity index (χ3n) is 8.37. The van der Waals surface area contributed by atoms with Crippen molar-refractivity contribution in [1.29, 1.82) is 0 Å². The van der Waals surface area contributed by atoms with Crippen LogP contribution in [0.25, 0.3) is 17.1 Å². The number of halogens is 3. The van der Waals surface area contributed by atoms with Crippen LogP contribution in [0.3, 0.4) is 0 Å². The molecule has 2 amide bonds. The lowest BCUT2D eigenvalue weighted by Gasteiger charge is -2.24. The number of amidine groups is 1. The van der Waals surface area contributed by atoms with Crippen LogP contribution in [0.5, 0.6) is 11.5 Å². The van der Waals surface area contributed by atoms with E-state index in [9.17, 15) is 18.0 Å².